The second-order valence-electron chi connectivity index (χ2n) is 5.47. The number of benzene rings is 2. The number of carboxylic acids is 1. The highest BCUT2D eigenvalue weighted by Gasteiger charge is 2.19. The summed E-state index contributed by atoms with van der Waals surface area (Å²) in [6.45, 7) is 0.513. The van der Waals surface area contributed by atoms with Crippen LogP contribution >= 0.6 is 28.3 Å². The fraction of sp³-hybridized carbons (Fsp3) is 0.167. The number of carbonyl (C=O) groups is 1. The molecule has 3 rings (SSSR count). The van der Waals surface area contributed by atoms with E-state index in [1.165, 1.54) is 0 Å². The summed E-state index contributed by atoms with van der Waals surface area (Å²) in [5.74, 6) is -0.842. The zero-order valence-electron chi connectivity index (χ0n) is 12.8. The SMILES string of the molecule is Cl.O=C(O)C(Cc1c[nH]c2ccccc12)NCc1cccc(Br)c1. The predicted octanol–water partition coefficient (Wildman–Crippen LogP) is 4.14. The molecule has 0 amide bonds. The number of hydrogen-bond acceptors (Lipinski definition) is 2. The number of nitrogens with one attached hydrogen (secondary N) is 2. The maximum atomic E-state index is 11.6. The van der Waals surface area contributed by atoms with Crippen molar-refractivity contribution in [2.45, 2.75) is 19.0 Å². The topological polar surface area (TPSA) is 65.1 Å². The molecule has 0 aliphatic heterocycles. The average molecular weight is 410 g/mol. The zero-order chi connectivity index (χ0) is 16.2. The van der Waals surface area contributed by atoms with Crippen molar-refractivity contribution < 1.29 is 9.90 Å². The normalized spacial score (nSPS) is 11.9. The van der Waals surface area contributed by atoms with E-state index in [4.69, 9.17) is 0 Å². The van der Waals surface area contributed by atoms with Gasteiger partial charge in [-0.25, -0.2) is 0 Å². The summed E-state index contributed by atoms with van der Waals surface area (Å²) in [5, 5.41) is 13.7. The maximum absolute atomic E-state index is 11.6. The Labute approximate surface area is 154 Å². The first-order valence-corrected chi connectivity index (χ1v) is 8.18. The van der Waals surface area contributed by atoms with Gasteiger partial charge >= 0.3 is 5.97 Å². The minimum atomic E-state index is -0.842. The summed E-state index contributed by atoms with van der Waals surface area (Å²) in [7, 11) is 0. The Morgan fingerprint density at radius 2 is 2.00 bits per heavy atom. The van der Waals surface area contributed by atoms with Crippen molar-refractivity contribution in [2.75, 3.05) is 0 Å². The van der Waals surface area contributed by atoms with Gasteiger partial charge in [0.05, 0.1) is 0 Å². The Morgan fingerprint density at radius 3 is 2.75 bits per heavy atom. The number of aromatic amines is 1. The van der Waals surface area contributed by atoms with Crippen LogP contribution in [0.15, 0.2) is 59.2 Å². The van der Waals surface area contributed by atoms with Gasteiger partial charge in [-0.3, -0.25) is 4.79 Å². The van der Waals surface area contributed by atoms with Crippen molar-refractivity contribution in [3.8, 4) is 0 Å². The summed E-state index contributed by atoms with van der Waals surface area (Å²) in [4.78, 5) is 14.8. The molecule has 0 bridgehead atoms. The lowest BCUT2D eigenvalue weighted by molar-refractivity contribution is -0.139. The van der Waals surface area contributed by atoms with Gasteiger partial charge in [-0.2, -0.15) is 0 Å². The first-order valence-electron chi connectivity index (χ1n) is 7.39. The lowest BCUT2D eigenvalue weighted by Gasteiger charge is -2.14. The van der Waals surface area contributed by atoms with E-state index in [9.17, 15) is 9.90 Å². The van der Waals surface area contributed by atoms with E-state index in [1.54, 1.807) is 0 Å². The van der Waals surface area contributed by atoms with Gasteiger partial charge in [0.15, 0.2) is 0 Å². The maximum Gasteiger partial charge on any atom is 0.321 e. The van der Waals surface area contributed by atoms with Gasteiger partial charge in [0.2, 0.25) is 0 Å². The summed E-state index contributed by atoms with van der Waals surface area (Å²) in [6, 6.07) is 15.1. The monoisotopic (exact) mass is 408 g/mol. The Balaban J connectivity index is 0.00000208. The fourth-order valence-corrected chi connectivity index (χ4v) is 3.10. The molecular weight excluding hydrogens is 392 g/mol. The summed E-state index contributed by atoms with van der Waals surface area (Å²) in [5.41, 5.74) is 3.08. The third-order valence-electron chi connectivity index (χ3n) is 3.84. The Kier molecular flexibility index (Phi) is 6.43. The van der Waals surface area contributed by atoms with E-state index in [0.29, 0.717) is 13.0 Å². The lowest BCUT2D eigenvalue weighted by Crippen LogP contribution is -2.38. The highest BCUT2D eigenvalue weighted by atomic mass is 79.9. The van der Waals surface area contributed by atoms with Crippen molar-refractivity contribution in [2.24, 2.45) is 0 Å². The first-order chi connectivity index (χ1) is 11.1. The van der Waals surface area contributed by atoms with Crippen molar-refractivity contribution >= 4 is 45.2 Å². The van der Waals surface area contributed by atoms with E-state index in [1.807, 2.05) is 54.7 Å². The number of hydrogen-bond donors (Lipinski definition) is 3. The van der Waals surface area contributed by atoms with E-state index < -0.39 is 12.0 Å². The number of aromatic nitrogens is 1. The van der Waals surface area contributed by atoms with E-state index in [0.717, 1.165) is 26.5 Å². The van der Waals surface area contributed by atoms with Crippen LogP contribution in [0.4, 0.5) is 0 Å². The minimum Gasteiger partial charge on any atom is -0.480 e. The number of para-hydroxylation sites is 1. The molecule has 1 aromatic heterocycles. The number of halogens is 2. The third-order valence-corrected chi connectivity index (χ3v) is 4.33. The number of H-pyrrole nitrogens is 1. The molecule has 1 atom stereocenters. The van der Waals surface area contributed by atoms with E-state index in [-0.39, 0.29) is 12.4 Å². The highest BCUT2D eigenvalue weighted by Crippen LogP contribution is 2.19. The molecule has 1 unspecified atom stereocenters. The molecule has 6 heteroatoms. The van der Waals surface area contributed by atoms with Gasteiger partial charge in [-0.05, 0) is 29.3 Å². The van der Waals surface area contributed by atoms with Crippen LogP contribution < -0.4 is 5.32 Å². The molecule has 0 spiro atoms. The number of rotatable bonds is 6. The average Bonchev–Trinajstić information content (AvgIpc) is 2.94. The zero-order valence-corrected chi connectivity index (χ0v) is 15.2. The quantitative estimate of drug-likeness (QED) is 0.573. The molecular formula is C18H18BrClN2O2. The third kappa shape index (κ3) is 4.38. The Hall–Kier alpha value is -1.82. The molecule has 24 heavy (non-hydrogen) atoms. The molecule has 3 aromatic rings. The van der Waals surface area contributed by atoms with Crippen LogP contribution in [0.1, 0.15) is 11.1 Å². The fourth-order valence-electron chi connectivity index (χ4n) is 2.66. The molecule has 0 aliphatic carbocycles. The standard InChI is InChI=1S/C18H17BrN2O2.ClH/c19-14-5-3-4-12(8-14)10-20-17(18(22)23)9-13-11-21-16-7-2-1-6-15(13)16;/h1-8,11,17,20-21H,9-10H2,(H,22,23);1H. The van der Waals surface area contributed by atoms with Gasteiger partial charge in [-0.15, -0.1) is 12.4 Å². The number of carboxylic acid groups (broad SMARTS) is 1. The largest absolute Gasteiger partial charge is 0.480 e. The molecule has 0 radical (unpaired) electrons. The molecule has 2 aromatic carbocycles. The molecule has 0 fully saturated rings. The van der Waals surface area contributed by atoms with Crippen LogP contribution in [-0.4, -0.2) is 22.1 Å². The van der Waals surface area contributed by atoms with E-state index >= 15 is 0 Å². The molecule has 0 saturated heterocycles. The molecule has 0 saturated carbocycles. The number of aliphatic carboxylic acids is 1. The molecule has 4 nitrogen and oxygen atoms in total. The van der Waals surface area contributed by atoms with Gasteiger partial charge in [-0.1, -0.05) is 46.3 Å². The predicted molar refractivity (Wildman–Crippen MR) is 102 cm³/mol. The Bertz CT molecular complexity index is 835. The van der Waals surface area contributed by atoms with Gasteiger partial charge in [0.25, 0.3) is 0 Å². The van der Waals surface area contributed by atoms with Gasteiger partial charge < -0.3 is 15.4 Å². The molecule has 3 N–H and O–H groups in total. The van der Waals surface area contributed by atoms with E-state index in [2.05, 4.69) is 26.2 Å². The Morgan fingerprint density at radius 1 is 1.21 bits per heavy atom. The van der Waals surface area contributed by atoms with Gasteiger partial charge in [0.1, 0.15) is 6.04 Å². The van der Waals surface area contributed by atoms with Crippen LogP contribution in [-0.2, 0) is 17.8 Å². The highest BCUT2D eigenvalue weighted by molar-refractivity contribution is 9.10. The van der Waals surface area contributed by atoms with Crippen molar-refractivity contribution in [3.63, 3.8) is 0 Å². The first kappa shape index (κ1) is 18.5. The minimum absolute atomic E-state index is 0. The van der Waals surface area contributed by atoms with Crippen molar-refractivity contribution in [1.82, 2.24) is 10.3 Å². The van der Waals surface area contributed by atoms with Crippen LogP contribution in [0.3, 0.4) is 0 Å². The number of fused-ring (bicyclic) bond motifs is 1. The molecule has 0 aliphatic rings. The smallest absolute Gasteiger partial charge is 0.321 e. The summed E-state index contributed by atoms with van der Waals surface area (Å²) in [6.07, 6.45) is 2.33. The lowest BCUT2D eigenvalue weighted by atomic mass is 10.0. The van der Waals surface area contributed by atoms with Gasteiger partial charge in [0, 0.05) is 34.5 Å². The van der Waals surface area contributed by atoms with Crippen LogP contribution in [0.5, 0.6) is 0 Å². The molecule has 126 valence electrons. The van der Waals surface area contributed by atoms with Crippen LogP contribution in [0, 0.1) is 0 Å². The molecule has 1 heterocycles. The summed E-state index contributed by atoms with van der Waals surface area (Å²) < 4.78 is 0.986. The van der Waals surface area contributed by atoms with Crippen LogP contribution in [0.25, 0.3) is 10.9 Å². The second kappa shape index (κ2) is 8.33. The second-order valence-corrected chi connectivity index (χ2v) is 6.38. The van der Waals surface area contributed by atoms with Crippen molar-refractivity contribution in [1.29, 1.82) is 0 Å². The summed E-state index contributed by atoms with van der Waals surface area (Å²) >= 11 is 3.43. The van der Waals surface area contributed by atoms with Crippen molar-refractivity contribution in [3.05, 3.63) is 70.3 Å². The van der Waals surface area contributed by atoms with Crippen LogP contribution in [0.2, 0.25) is 0 Å².